The lowest BCUT2D eigenvalue weighted by molar-refractivity contribution is 0.552. The first-order chi connectivity index (χ1) is 9.11. The van der Waals surface area contributed by atoms with Gasteiger partial charge in [0.05, 0.1) is 22.4 Å². The van der Waals surface area contributed by atoms with Crippen LogP contribution in [0.2, 0.25) is 5.02 Å². The van der Waals surface area contributed by atoms with Gasteiger partial charge in [-0.15, -0.1) is 11.8 Å². The number of thioether (sulfide) groups is 1. The van der Waals surface area contributed by atoms with Crippen molar-refractivity contribution in [2.45, 2.75) is 10.9 Å². The Kier molecular flexibility index (Phi) is 5.29. The minimum Gasteiger partial charge on any atom is -0.271 e. The average Bonchev–Trinajstić information content (AvgIpc) is 2.71. The predicted molar refractivity (Wildman–Crippen MR) is 83.1 cm³/mol. The van der Waals surface area contributed by atoms with Crippen LogP contribution in [0.15, 0.2) is 39.8 Å². The Bertz CT molecular complexity index is 541. The molecule has 102 valence electrons. The molecular weight excluding hydrogens is 348 g/mol. The summed E-state index contributed by atoms with van der Waals surface area (Å²) in [6, 6.07) is 7.78. The monoisotopic (exact) mass is 360 g/mol. The van der Waals surface area contributed by atoms with Gasteiger partial charge in [-0.2, -0.15) is 5.10 Å². The molecule has 2 rings (SSSR count). The molecule has 0 spiro atoms. The van der Waals surface area contributed by atoms with Crippen LogP contribution >= 0.6 is 39.3 Å². The maximum absolute atomic E-state index is 5.97. The van der Waals surface area contributed by atoms with E-state index in [4.69, 9.17) is 17.4 Å². The number of hydrogen-bond acceptors (Lipinski definition) is 4. The van der Waals surface area contributed by atoms with Gasteiger partial charge in [0.1, 0.15) is 0 Å². The maximum Gasteiger partial charge on any atom is 0.0734 e. The molecule has 0 bridgehead atoms. The average molecular weight is 362 g/mol. The molecule has 1 unspecified atom stereocenters. The Balaban J connectivity index is 2.08. The molecule has 2 aromatic rings. The highest BCUT2D eigenvalue weighted by Gasteiger charge is 2.17. The quantitative estimate of drug-likeness (QED) is 0.488. The molecule has 3 N–H and O–H groups in total. The Morgan fingerprint density at radius 1 is 1.58 bits per heavy atom. The molecule has 1 aromatic carbocycles. The number of hydrazine groups is 1. The fourth-order valence-electron chi connectivity index (χ4n) is 1.75. The molecule has 1 aromatic heterocycles. The number of aromatic nitrogens is 2. The Morgan fingerprint density at radius 3 is 2.95 bits per heavy atom. The van der Waals surface area contributed by atoms with Crippen LogP contribution in [0.3, 0.4) is 0 Å². The van der Waals surface area contributed by atoms with Gasteiger partial charge in [0.15, 0.2) is 0 Å². The Morgan fingerprint density at radius 2 is 2.37 bits per heavy atom. The zero-order valence-electron chi connectivity index (χ0n) is 10.3. The summed E-state index contributed by atoms with van der Waals surface area (Å²) >= 11 is 11.1. The second-order valence-electron chi connectivity index (χ2n) is 3.99. The number of nitrogens with zero attached hydrogens (tertiary/aromatic N) is 2. The van der Waals surface area contributed by atoms with E-state index in [1.165, 1.54) is 0 Å². The van der Waals surface area contributed by atoms with E-state index in [9.17, 15) is 0 Å². The van der Waals surface area contributed by atoms with Crippen molar-refractivity contribution in [1.29, 1.82) is 0 Å². The molecule has 0 saturated carbocycles. The molecular formula is C12H14BrClN4S. The van der Waals surface area contributed by atoms with Gasteiger partial charge in [-0.25, -0.2) is 0 Å². The number of halogens is 2. The molecule has 0 aliphatic rings. The van der Waals surface area contributed by atoms with Crippen molar-refractivity contribution in [3.05, 3.63) is 45.7 Å². The van der Waals surface area contributed by atoms with Crippen molar-refractivity contribution < 1.29 is 0 Å². The second-order valence-corrected chi connectivity index (χ2v) is 6.37. The minimum absolute atomic E-state index is 0.00542. The Hall–Kier alpha value is -0.530. The van der Waals surface area contributed by atoms with Gasteiger partial charge in [-0.1, -0.05) is 17.7 Å². The van der Waals surface area contributed by atoms with Gasteiger partial charge in [-0.3, -0.25) is 16.0 Å². The summed E-state index contributed by atoms with van der Waals surface area (Å²) in [5.41, 5.74) is 3.85. The normalized spacial score (nSPS) is 12.6. The van der Waals surface area contributed by atoms with E-state index in [0.29, 0.717) is 0 Å². The molecule has 0 aliphatic carbocycles. The largest absolute Gasteiger partial charge is 0.271 e. The van der Waals surface area contributed by atoms with Crippen LogP contribution in [0.25, 0.3) is 0 Å². The van der Waals surface area contributed by atoms with E-state index in [1.54, 1.807) is 18.0 Å². The first kappa shape index (κ1) is 14.9. The molecule has 1 heterocycles. The van der Waals surface area contributed by atoms with Crippen LogP contribution in [-0.2, 0) is 7.05 Å². The lowest BCUT2D eigenvalue weighted by atomic mass is 10.2. The zero-order valence-corrected chi connectivity index (χ0v) is 13.5. The van der Waals surface area contributed by atoms with Gasteiger partial charge in [-0.05, 0) is 34.1 Å². The number of rotatable bonds is 5. The lowest BCUT2D eigenvalue weighted by Crippen LogP contribution is -2.31. The number of nitrogens with one attached hydrogen (secondary N) is 1. The number of benzene rings is 1. The van der Waals surface area contributed by atoms with E-state index < -0.39 is 0 Å². The van der Waals surface area contributed by atoms with Gasteiger partial charge in [0.25, 0.3) is 0 Å². The fourth-order valence-corrected chi connectivity index (χ4v) is 3.63. The number of hydrogen-bond donors (Lipinski definition) is 2. The smallest absolute Gasteiger partial charge is 0.0734 e. The summed E-state index contributed by atoms with van der Waals surface area (Å²) in [6.45, 7) is 0. The van der Waals surface area contributed by atoms with Crippen LogP contribution in [0.1, 0.15) is 11.7 Å². The predicted octanol–water partition coefficient (Wildman–Crippen LogP) is 3.13. The molecule has 19 heavy (non-hydrogen) atoms. The number of nitrogens with two attached hydrogens (primary N) is 1. The highest BCUT2D eigenvalue weighted by atomic mass is 79.9. The van der Waals surface area contributed by atoms with Crippen LogP contribution in [-0.4, -0.2) is 15.5 Å². The van der Waals surface area contributed by atoms with Crippen molar-refractivity contribution >= 4 is 39.3 Å². The van der Waals surface area contributed by atoms with Gasteiger partial charge < -0.3 is 0 Å². The van der Waals surface area contributed by atoms with E-state index >= 15 is 0 Å². The lowest BCUT2D eigenvalue weighted by Gasteiger charge is -2.16. The van der Waals surface area contributed by atoms with Crippen molar-refractivity contribution in [2.75, 3.05) is 5.75 Å². The van der Waals surface area contributed by atoms with Crippen LogP contribution in [0, 0.1) is 0 Å². The topological polar surface area (TPSA) is 55.9 Å². The van der Waals surface area contributed by atoms with Crippen molar-refractivity contribution in [3.8, 4) is 0 Å². The minimum atomic E-state index is 0.00542. The van der Waals surface area contributed by atoms with Crippen LogP contribution in [0.5, 0.6) is 0 Å². The summed E-state index contributed by atoms with van der Waals surface area (Å²) in [5, 5.41) is 4.94. The third-order valence-corrected chi connectivity index (χ3v) is 4.61. The second kappa shape index (κ2) is 6.76. The molecule has 0 fully saturated rings. The molecule has 0 aliphatic heterocycles. The molecule has 0 radical (unpaired) electrons. The van der Waals surface area contributed by atoms with Crippen LogP contribution in [0.4, 0.5) is 0 Å². The van der Waals surface area contributed by atoms with E-state index in [1.807, 2.05) is 36.0 Å². The standard InChI is InChI=1S/C12H14BrClN4S/c1-18-12(10(13)6-16-18)11(17-15)7-19-9-4-2-3-8(14)5-9/h2-6,11,17H,7,15H2,1H3. The Labute approximate surface area is 129 Å². The SMILES string of the molecule is Cn1ncc(Br)c1C(CSc1cccc(Cl)c1)NN. The van der Waals surface area contributed by atoms with Crippen molar-refractivity contribution in [2.24, 2.45) is 12.9 Å². The summed E-state index contributed by atoms with van der Waals surface area (Å²) in [4.78, 5) is 1.12. The number of aryl methyl sites for hydroxylation is 1. The summed E-state index contributed by atoms with van der Waals surface area (Å²) in [6.07, 6.45) is 1.77. The van der Waals surface area contributed by atoms with Gasteiger partial charge >= 0.3 is 0 Å². The molecule has 1 atom stereocenters. The third-order valence-electron chi connectivity index (χ3n) is 2.68. The van der Waals surface area contributed by atoms with E-state index in [2.05, 4.69) is 26.5 Å². The molecule has 0 amide bonds. The first-order valence-corrected chi connectivity index (χ1v) is 7.79. The van der Waals surface area contributed by atoms with E-state index in [0.717, 1.165) is 25.8 Å². The van der Waals surface area contributed by atoms with Crippen LogP contribution < -0.4 is 11.3 Å². The van der Waals surface area contributed by atoms with Gasteiger partial charge in [0.2, 0.25) is 0 Å². The van der Waals surface area contributed by atoms with Crippen molar-refractivity contribution in [3.63, 3.8) is 0 Å². The molecule has 7 heteroatoms. The zero-order chi connectivity index (χ0) is 13.8. The first-order valence-electron chi connectivity index (χ1n) is 5.63. The van der Waals surface area contributed by atoms with Gasteiger partial charge in [0, 0.05) is 22.7 Å². The summed E-state index contributed by atoms with van der Waals surface area (Å²) in [5.74, 6) is 6.43. The highest BCUT2D eigenvalue weighted by molar-refractivity contribution is 9.10. The third kappa shape index (κ3) is 3.73. The molecule has 4 nitrogen and oxygen atoms in total. The van der Waals surface area contributed by atoms with Crippen molar-refractivity contribution in [1.82, 2.24) is 15.2 Å². The fraction of sp³-hybridized carbons (Fsp3) is 0.250. The maximum atomic E-state index is 5.97. The highest BCUT2D eigenvalue weighted by Crippen LogP contribution is 2.29. The van der Waals surface area contributed by atoms with E-state index in [-0.39, 0.29) is 6.04 Å². The summed E-state index contributed by atoms with van der Waals surface area (Å²) in [7, 11) is 1.90. The summed E-state index contributed by atoms with van der Waals surface area (Å²) < 4.78 is 2.76. The molecule has 0 saturated heterocycles.